The first-order valence-electron chi connectivity index (χ1n) is 6.70. The summed E-state index contributed by atoms with van der Waals surface area (Å²) >= 11 is 1.62. The molecule has 1 amide bonds. The Kier molecular flexibility index (Phi) is 7.69. The van der Waals surface area contributed by atoms with E-state index in [4.69, 9.17) is 5.11 Å². The third kappa shape index (κ3) is 6.94. The molecule has 0 aromatic carbocycles. The monoisotopic (exact) mass is 259 g/mol. The van der Waals surface area contributed by atoms with Crippen molar-refractivity contribution in [1.82, 2.24) is 5.32 Å². The molecule has 3 nitrogen and oxygen atoms in total. The number of thioether (sulfide) groups is 1. The standard InChI is InChI=1S/C13H25NO2S/c1-11(8-15)9-17-10-13(16)14-12-6-4-2-3-5-7-12/h11-12,15H,2-10H2,1H3,(H,14,16). The summed E-state index contributed by atoms with van der Waals surface area (Å²) in [6.07, 6.45) is 7.41. The van der Waals surface area contributed by atoms with Gasteiger partial charge in [0.2, 0.25) is 5.91 Å². The van der Waals surface area contributed by atoms with Crippen molar-refractivity contribution in [2.45, 2.75) is 51.5 Å². The van der Waals surface area contributed by atoms with Crippen molar-refractivity contribution in [1.29, 1.82) is 0 Å². The quantitative estimate of drug-likeness (QED) is 0.719. The SMILES string of the molecule is CC(CO)CSCC(=O)NC1CCCCCC1. The van der Waals surface area contributed by atoms with Gasteiger partial charge in [0.25, 0.3) is 0 Å². The summed E-state index contributed by atoms with van der Waals surface area (Å²) in [4.78, 5) is 11.7. The molecule has 1 atom stereocenters. The molecule has 4 heteroatoms. The molecule has 0 saturated heterocycles. The topological polar surface area (TPSA) is 49.3 Å². The normalized spacial score (nSPS) is 19.6. The molecule has 0 aromatic heterocycles. The third-order valence-electron chi connectivity index (χ3n) is 3.17. The van der Waals surface area contributed by atoms with Crippen LogP contribution in [-0.4, -0.2) is 35.2 Å². The van der Waals surface area contributed by atoms with Crippen molar-refractivity contribution in [3.05, 3.63) is 0 Å². The zero-order valence-electron chi connectivity index (χ0n) is 10.8. The summed E-state index contributed by atoms with van der Waals surface area (Å²) in [5.74, 6) is 1.83. The average Bonchev–Trinajstić information content (AvgIpc) is 2.57. The molecule has 1 saturated carbocycles. The molecule has 0 bridgehead atoms. The van der Waals surface area contributed by atoms with E-state index in [1.807, 2.05) is 6.92 Å². The molecule has 1 unspecified atom stereocenters. The second-order valence-corrected chi connectivity index (χ2v) is 6.09. The van der Waals surface area contributed by atoms with E-state index in [0.717, 1.165) is 18.6 Å². The summed E-state index contributed by atoms with van der Waals surface area (Å²) < 4.78 is 0. The van der Waals surface area contributed by atoms with E-state index >= 15 is 0 Å². The number of hydrogen-bond donors (Lipinski definition) is 2. The Labute approximate surface area is 109 Å². The Morgan fingerprint density at radius 2 is 2.00 bits per heavy atom. The van der Waals surface area contributed by atoms with Gasteiger partial charge >= 0.3 is 0 Å². The van der Waals surface area contributed by atoms with Crippen molar-refractivity contribution in [2.75, 3.05) is 18.1 Å². The molecule has 17 heavy (non-hydrogen) atoms. The number of aliphatic hydroxyl groups excluding tert-OH is 1. The minimum atomic E-state index is 0.159. The molecule has 1 rings (SSSR count). The van der Waals surface area contributed by atoms with Crippen molar-refractivity contribution in [3.63, 3.8) is 0 Å². The maximum atomic E-state index is 11.7. The maximum absolute atomic E-state index is 11.7. The van der Waals surface area contributed by atoms with Crippen LogP contribution in [0.2, 0.25) is 0 Å². The molecule has 1 aliphatic carbocycles. The highest BCUT2D eigenvalue weighted by molar-refractivity contribution is 7.99. The van der Waals surface area contributed by atoms with Gasteiger partial charge in [0.15, 0.2) is 0 Å². The van der Waals surface area contributed by atoms with Crippen LogP contribution in [0.25, 0.3) is 0 Å². The molecule has 1 fully saturated rings. The van der Waals surface area contributed by atoms with Gasteiger partial charge in [-0.3, -0.25) is 4.79 Å². The molecule has 0 radical (unpaired) electrons. The predicted molar refractivity (Wildman–Crippen MR) is 73.2 cm³/mol. The zero-order chi connectivity index (χ0) is 12.5. The van der Waals surface area contributed by atoms with Crippen LogP contribution in [0.15, 0.2) is 0 Å². The van der Waals surface area contributed by atoms with Gasteiger partial charge in [-0.05, 0) is 24.5 Å². The number of amides is 1. The smallest absolute Gasteiger partial charge is 0.230 e. The number of nitrogens with one attached hydrogen (secondary N) is 1. The number of hydrogen-bond acceptors (Lipinski definition) is 3. The molecular formula is C13H25NO2S. The molecule has 0 spiro atoms. The van der Waals surface area contributed by atoms with Crippen LogP contribution < -0.4 is 5.32 Å². The molecule has 100 valence electrons. The summed E-state index contributed by atoms with van der Waals surface area (Å²) in [6, 6.07) is 0.404. The lowest BCUT2D eigenvalue weighted by molar-refractivity contribution is -0.119. The van der Waals surface area contributed by atoms with Crippen molar-refractivity contribution in [3.8, 4) is 0 Å². The van der Waals surface area contributed by atoms with Gasteiger partial charge in [-0.25, -0.2) is 0 Å². The van der Waals surface area contributed by atoms with E-state index in [9.17, 15) is 4.79 Å². The van der Waals surface area contributed by atoms with Gasteiger partial charge in [0, 0.05) is 12.6 Å². The summed E-state index contributed by atoms with van der Waals surface area (Å²) in [5, 5.41) is 12.0. The van der Waals surface area contributed by atoms with Gasteiger partial charge in [-0.15, -0.1) is 0 Å². The Morgan fingerprint density at radius 1 is 1.35 bits per heavy atom. The Balaban J connectivity index is 2.10. The Morgan fingerprint density at radius 3 is 2.59 bits per heavy atom. The second kappa shape index (κ2) is 8.81. The molecule has 0 aromatic rings. The van der Waals surface area contributed by atoms with Crippen LogP contribution >= 0.6 is 11.8 Å². The van der Waals surface area contributed by atoms with Crippen molar-refractivity contribution < 1.29 is 9.90 Å². The summed E-state index contributed by atoms with van der Waals surface area (Å²) in [6.45, 7) is 2.20. The summed E-state index contributed by atoms with van der Waals surface area (Å²) in [5.41, 5.74) is 0. The highest BCUT2D eigenvalue weighted by Gasteiger charge is 2.14. The van der Waals surface area contributed by atoms with Crippen LogP contribution in [0.4, 0.5) is 0 Å². The van der Waals surface area contributed by atoms with Crippen LogP contribution in [-0.2, 0) is 4.79 Å². The lowest BCUT2D eigenvalue weighted by Crippen LogP contribution is -2.35. The minimum absolute atomic E-state index is 0.159. The van der Waals surface area contributed by atoms with Gasteiger partial charge in [0.05, 0.1) is 5.75 Å². The molecule has 0 aliphatic heterocycles. The first kappa shape index (κ1) is 14.8. The van der Waals surface area contributed by atoms with E-state index in [2.05, 4.69) is 5.32 Å². The highest BCUT2D eigenvalue weighted by atomic mass is 32.2. The van der Waals surface area contributed by atoms with Crippen LogP contribution in [0, 0.1) is 5.92 Å². The average molecular weight is 259 g/mol. The second-order valence-electron chi connectivity index (χ2n) is 5.06. The van der Waals surface area contributed by atoms with Crippen LogP contribution in [0.3, 0.4) is 0 Å². The number of carbonyl (C=O) groups excluding carboxylic acids is 1. The largest absolute Gasteiger partial charge is 0.396 e. The van der Waals surface area contributed by atoms with Gasteiger partial charge in [-0.2, -0.15) is 11.8 Å². The first-order chi connectivity index (χ1) is 8.22. The van der Waals surface area contributed by atoms with Gasteiger partial charge in [0.1, 0.15) is 0 Å². The van der Waals surface area contributed by atoms with E-state index < -0.39 is 0 Å². The fraction of sp³-hybridized carbons (Fsp3) is 0.923. The molecule has 2 N–H and O–H groups in total. The number of rotatable bonds is 6. The third-order valence-corrected chi connectivity index (χ3v) is 4.44. The molecular weight excluding hydrogens is 234 g/mol. The van der Waals surface area contributed by atoms with Crippen molar-refractivity contribution >= 4 is 17.7 Å². The Hall–Kier alpha value is -0.220. The van der Waals surface area contributed by atoms with Gasteiger partial charge < -0.3 is 10.4 Å². The first-order valence-corrected chi connectivity index (χ1v) is 7.85. The van der Waals surface area contributed by atoms with E-state index in [1.165, 1.54) is 25.7 Å². The van der Waals surface area contributed by atoms with Crippen LogP contribution in [0.5, 0.6) is 0 Å². The van der Waals surface area contributed by atoms with Crippen molar-refractivity contribution in [2.24, 2.45) is 5.92 Å². The highest BCUT2D eigenvalue weighted by Crippen LogP contribution is 2.17. The Bertz CT molecular complexity index is 215. The molecule has 1 aliphatic rings. The number of carbonyl (C=O) groups is 1. The lowest BCUT2D eigenvalue weighted by Gasteiger charge is -2.16. The van der Waals surface area contributed by atoms with E-state index in [-0.39, 0.29) is 18.4 Å². The van der Waals surface area contributed by atoms with E-state index in [0.29, 0.717) is 11.8 Å². The lowest BCUT2D eigenvalue weighted by atomic mass is 10.1. The minimum Gasteiger partial charge on any atom is -0.396 e. The fourth-order valence-corrected chi connectivity index (χ4v) is 2.99. The fourth-order valence-electron chi connectivity index (χ4n) is 2.10. The maximum Gasteiger partial charge on any atom is 0.230 e. The summed E-state index contributed by atoms with van der Waals surface area (Å²) in [7, 11) is 0. The van der Waals surface area contributed by atoms with E-state index in [1.54, 1.807) is 11.8 Å². The predicted octanol–water partition coefficient (Wildman–Crippen LogP) is 2.19. The zero-order valence-corrected chi connectivity index (χ0v) is 11.6. The number of aliphatic hydroxyl groups is 1. The molecule has 0 heterocycles. The van der Waals surface area contributed by atoms with Crippen LogP contribution in [0.1, 0.15) is 45.4 Å². The van der Waals surface area contributed by atoms with Gasteiger partial charge in [-0.1, -0.05) is 32.6 Å².